The maximum Gasteiger partial charge on any atom is 0.234 e. The topological polar surface area (TPSA) is 55.1 Å². The summed E-state index contributed by atoms with van der Waals surface area (Å²) in [6.07, 6.45) is 0. The van der Waals surface area contributed by atoms with E-state index in [1.807, 2.05) is 25.1 Å². The second-order valence-electron chi connectivity index (χ2n) is 4.49. The van der Waals surface area contributed by atoms with E-state index in [9.17, 15) is 9.18 Å². The maximum absolute atomic E-state index is 13.6. The second-order valence-corrected chi connectivity index (χ2v) is 6.42. The summed E-state index contributed by atoms with van der Waals surface area (Å²) in [5.41, 5.74) is 7.61. The number of carbonyl (C=O) groups excluding carboxylic acids is 1. The first-order valence-electron chi connectivity index (χ1n) is 6.19. The normalized spacial score (nSPS) is 10.4. The van der Waals surface area contributed by atoms with Crippen molar-refractivity contribution in [2.75, 3.05) is 16.8 Å². The predicted octanol–water partition coefficient (Wildman–Crippen LogP) is 4.21. The Balaban J connectivity index is 1.97. The van der Waals surface area contributed by atoms with Crippen molar-refractivity contribution < 1.29 is 9.18 Å². The number of hydrogen-bond acceptors (Lipinski definition) is 3. The Hall–Kier alpha value is -1.53. The minimum atomic E-state index is -0.470. The Labute approximate surface area is 135 Å². The van der Waals surface area contributed by atoms with Gasteiger partial charge in [0.15, 0.2) is 0 Å². The molecule has 2 rings (SSSR count). The average molecular weight is 369 g/mol. The van der Waals surface area contributed by atoms with Crippen LogP contribution in [0.3, 0.4) is 0 Å². The van der Waals surface area contributed by atoms with Gasteiger partial charge in [-0.25, -0.2) is 4.39 Å². The Morgan fingerprint density at radius 2 is 2.10 bits per heavy atom. The van der Waals surface area contributed by atoms with Crippen molar-refractivity contribution in [2.24, 2.45) is 0 Å². The van der Waals surface area contributed by atoms with Gasteiger partial charge in [-0.05, 0) is 42.8 Å². The summed E-state index contributed by atoms with van der Waals surface area (Å²) in [5.74, 6) is -0.536. The highest BCUT2D eigenvalue weighted by Gasteiger charge is 2.09. The molecule has 0 spiro atoms. The molecule has 0 fully saturated rings. The summed E-state index contributed by atoms with van der Waals surface area (Å²) in [7, 11) is 0. The summed E-state index contributed by atoms with van der Waals surface area (Å²) in [4.78, 5) is 12.8. The Morgan fingerprint density at radius 1 is 1.33 bits per heavy atom. The summed E-state index contributed by atoms with van der Waals surface area (Å²) in [6, 6.07) is 10.1. The Morgan fingerprint density at radius 3 is 2.81 bits per heavy atom. The fraction of sp³-hybridized carbons (Fsp3) is 0.133. The lowest BCUT2D eigenvalue weighted by Crippen LogP contribution is -2.15. The van der Waals surface area contributed by atoms with Crippen molar-refractivity contribution >= 4 is 45.0 Å². The van der Waals surface area contributed by atoms with E-state index in [-0.39, 0.29) is 17.3 Å². The number of rotatable bonds is 4. The number of anilines is 2. The van der Waals surface area contributed by atoms with Crippen LogP contribution in [0.15, 0.2) is 45.8 Å². The van der Waals surface area contributed by atoms with Crippen molar-refractivity contribution in [2.45, 2.75) is 11.8 Å². The van der Waals surface area contributed by atoms with Crippen LogP contribution in [0.4, 0.5) is 15.8 Å². The molecule has 0 aliphatic heterocycles. The van der Waals surface area contributed by atoms with Gasteiger partial charge in [-0.15, -0.1) is 11.8 Å². The van der Waals surface area contributed by atoms with Gasteiger partial charge in [0.1, 0.15) is 5.82 Å². The third-order valence-corrected chi connectivity index (χ3v) is 4.43. The number of thioether (sulfide) groups is 1. The number of carbonyl (C=O) groups is 1. The molecule has 0 aliphatic rings. The van der Waals surface area contributed by atoms with E-state index in [1.165, 1.54) is 23.9 Å². The maximum atomic E-state index is 13.6. The largest absolute Gasteiger partial charge is 0.399 e. The second kappa shape index (κ2) is 6.95. The summed E-state index contributed by atoms with van der Waals surface area (Å²) >= 11 is 4.54. The van der Waals surface area contributed by atoms with Gasteiger partial charge >= 0.3 is 0 Å². The van der Waals surface area contributed by atoms with Crippen molar-refractivity contribution in [1.82, 2.24) is 0 Å². The van der Waals surface area contributed by atoms with E-state index in [4.69, 9.17) is 5.73 Å². The van der Waals surface area contributed by atoms with Crippen LogP contribution in [0.25, 0.3) is 0 Å². The van der Waals surface area contributed by atoms with Crippen LogP contribution in [0.2, 0.25) is 0 Å². The fourth-order valence-electron chi connectivity index (χ4n) is 1.69. The van der Waals surface area contributed by atoms with E-state index < -0.39 is 5.82 Å². The van der Waals surface area contributed by atoms with Crippen LogP contribution in [-0.2, 0) is 4.79 Å². The zero-order valence-corrected chi connectivity index (χ0v) is 13.7. The number of nitrogens with two attached hydrogens (primary N) is 1. The molecule has 0 aliphatic carbocycles. The highest BCUT2D eigenvalue weighted by Crippen LogP contribution is 2.25. The molecule has 2 aromatic carbocycles. The van der Waals surface area contributed by atoms with Crippen LogP contribution in [0, 0.1) is 12.7 Å². The zero-order valence-electron chi connectivity index (χ0n) is 11.3. The molecule has 0 bridgehead atoms. The lowest BCUT2D eigenvalue weighted by atomic mass is 10.2. The zero-order chi connectivity index (χ0) is 15.4. The molecule has 110 valence electrons. The summed E-state index contributed by atoms with van der Waals surface area (Å²) < 4.78 is 14.3. The third kappa shape index (κ3) is 4.47. The van der Waals surface area contributed by atoms with Crippen LogP contribution in [-0.4, -0.2) is 11.7 Å². The summed E-state index contributed by atoms with van der Waals surface area (Å²) in [6.45, 7) is 1.95. The molecule has 0 saturated heterocycles. The lowest BCUT2D eigenvalue weighted by molar-refractivity contribution is -0.113. The van der Waals surface area contributed by atoms with Gasteiger partial charge in [-0.1, -0.05) is 22.0 Å². The predicted molar refractivity (Wildman–Crippen MR) is 89.0 cm³/mol. The number of nitrogen functional groups attached to an aromatic ring is 1. The molecular weight excluding hydrogens is 355 g/mol. The number of benzene rings is 2. The van der Waals surface area contributed by atoms with Gasteiger partial charge in [0.25, 0.3) is 0 Å². The van der Waals surface area contributed by atoms with Crippen LogP contribution < -0.4 is 11.1 Å². The monoisotopic (exact) mass is 368 g/mol. The minimum Gasteiger partial charge on any atom is -0.399 e. The Bertz CT molecular complexity index is 679. The first kappa shape index (κ1) is 15.9. The van der Waals surface area contributed by atoms with Crippen LogP contribution in [0.5, 0.6) is 0 Å². The van der Waals surface area contributed by atoms with Crippen molar-refractivity contribution in [3.8, 4) is 0 Å². The molecule has 6 heteroatoms. The molecule has 21 heavy (non-hydrogen) atoms. The summed E-state index contributed by atoms with van der Waals surface area (Å²) in [5, 5.41) is 2.55. The van der Waals surface area contributed by atoms with E-state index in [0.717, 1.165) is 10.5 Å². The molecular formula is C15H14BrFN2OS. The smallest absolute Gasteiger partial charge is 0.234 e. The van der Waals surface area contributed by atoms with Crippen molar-refractivity contribution in [1.29, 1.82) is 0 Å². The van der Waals surface area contributed by atoms with E-state index in [1.54, 1.807) is 6.07 Å². The Kier molecular flexibility index (Phi) is 5.25. The van der Waals surface area contributed by atoms with Crippen molar-refractivity contribution in [3.05, 3.63) is 52.3 Å². The van der Waals surface area contributed by atoms with Gasteiger partial charge in [0.2, 0.25) is 5.91 Å². The number of hydrogen-bond donors (Lipinski definition) is 2. The lowest BCUT2D eigenvalue weighted by Gasteiger charge is -2.08. The molecule has 0 unspecified atom stereocenters. The highest BCUT2D eigenvalue weighted by molar-refractivity contribution is 9.10. The number of aryl methyl sites for hydroxylation is 1. The van der Waals surface area contributed by atoms with Gasteiger partial charge in [-0.3, -0.25) is 4.79 Å². The van der Waals surface area contributed by atoms with Gasteiger partial charge < -0.3 is 11.1 Å². The molecule has 3 nitrogen and oxygen atoms in total. The molecule has 0 aromatic heterocycles. The van der Waals surface area contributed by atoms with E-state index in [0.29, 0.717) is 10.2 Å². The number of halogens is 2. The molecule has 2 aromatic rings. The average Bonchev–Trinajstić information content (AvgIpc) is 2.43. The van der Waals surface area contributed by atoms with Gasteiger partial charge in [0, 0.05) is 15.1 Å². The molecule has 0 saturated carbocycles. The SMILES string of the molecule is Cc1ccc(N)cc1SCC(=O)Nc1ccc(Br)cc1F. The molecule has 0 atom stereocenters. The van der Waals surface area contributed by atoms with Crippen LogP contribution >= 0.6 is 27.7 Å². The van der Waals surface area contributed by atoms with Gasteiger partial charge in [-0.2, -0.15) is 0 Å². The number of amides is 1. The first-order chi connectivity index (χ1) is 9.95. The molecule has 3 N–H and O–H groups in total. The molecule has 1 amide bonds. The fourth-order valence-corrected chi connectivity index (χ4v) is 2.90. The number of nitrogens with one attached hydrogen (secondary N) is 1. The highest BCUT2D eigenvalue weighted by atomic mass is 79.9. The minimum absolute atomic E-state index is 0.174. The standard InChI is InChI=1S/C15H14BrFN2OS/c1-9-2-4-11(18)7-14(9)21-8-15(20)19-13-5-3-10(16)6-12(13)17/h2-7H,8,18H2,1H3,(H,19,20). The first-order valence-corrected chi connectivity index (χ1v) is 7.97. The third-order valence-electron chi connectivity index (χ3n) is 2.78. The van der Waals surface area contributed by atoms with E-state index in [2.05, 4.69) is 21.2 Å². The quantitative estimate of drug-likeness (QED) is 0.627. The van der Waals surface area contributed by atoms with Gasteiger partial charge in [0.05, 0.1) is 11.4 Å². The van der Waals surface area contributed by atoms with Crippen LogP contribution in [0.1, 0.15) is 5.56 Å². The molecule has 0 radical (unpaired) electrons. The molecule has 0 heterocycles. The van der Waals surface area contributed by atoms with Crippen molar-refractivity contribution in [3.63, 3.8) is 0 Å². The van der Waals surface area contributed by atoms with E-state index >= 15 is 0 Å².